The number of anilines is 1. The van der Waals surface area contributed by atoms with Crippen LogP contribution in [0.5, 0.6) is 0 Å². The minimum atomic E-state index is -0.0414. The number of aromatic amines is 1. The summed E-state index contributed by atoms with van der Waals surface area (Å²) in [6.45, 7) is 4.74. The third-order valence-electron chi connectivity index (χ3n) is 6.94. The van der Waals surface area contributed by atoms with Crippen LogP contribution in [-0.2, 0) is 6.42 Å². The summed E-state index contributed by atoms with van der Waals surface area (Å²) in [6.07, 6.45) is 7.33. The number of pyridine rings is 2. The van der Waals surface area contributed by atoms with Gasteiger partial charge >= 0.3 is 0 Å². The van der Waals surface area contributed by atoms with Gasteiger partial charge in [0.15, 0.2) is 5.65 Å². The van der Waals surface area contributed by atoms with Crippen molar-refractivity contribution in [3.63, 3.8) is 0 Å². The molecule has 1 aromatic carbocycles. The number of carbonyl (C=O) groups is 1. The van der Waals surface area contributed by atoms with Crippen LogP contribution in [0.3, 0.4) is 0 Å². The van der Waals surface area contributed by atoms with Gasteiger partial charge in [-0.15, -0.1) is 0 Å². The van der Waals surface area contributed by atoms with E-state index in [4.69, 9.17) is 16.6 Å². The number of hydrogen-bond acceptors (Lipinski definition) is 7. The summed E-state index contributed by atoms with van der Waals surface area (Å²) in [5, 5.41) is 1.59. The summed E-state index contributed by atoms with van der Waals surface area (Å²) in [7, 11) is 0. The van der Waals surface area contributed by atoms with Crippen LogP contribution >= 0.6 is 11.6 Å². The van der Waals surface area contributed by atoms with Gasteiger partial charge in [-0.3, -0.25) is 14.8 Å². The van der Waals surface area contributed by atoms with E-state index in [0.717, 1.165) is 33.4 Å². The molecule has 186 valence electrons. The summed E-state index contributed by atoms with van der Waals surface area (Å²) >= 11 is 6.77. The molecule has 6 rings (SSSR count). The number of H-pyrrole nitrogens is 1. The number of aromatic nitrogens is 6. The SMILES string of the molecule is CC(Cc1ncnc2nc[nH]c12)c1cc(Cl)c2cccnc2c1N1CCN(C(=O)c2ccccn2)CC1. The van der Waals surface area contributed by atoms with Crippen molar-refractivity contribution in [3.05, 3.63) is 83.4 Å². The molecular formula is C27H25ClN8O. The second kappa shape index (κ2) is 9.74. The van der Waals surface area contributed by atoms with Gasteiger partial charge in [0.25, 0.3) is 5.91 Å². The Morgan fingerprint density at radius 2 is 1.86 bits per heavy atom. The molecule has 0 saturated carbocycles. The van der Waals surface area contributed by atoms with E-state index in [9.17, 15) is 4.79 Å². The maximum atomic E-state index is 13.0. The number of benzene rings is 1. The molecule has 37 heavy (non-hydrogen) atoms. The quantitative estimate of drug-likeness (QED) is 0.375. The van der Waals surface area contributed by atoms with E-state index in [-0.39, 0.29) is 11.8 Å². The van der Waals surface area contributed by atoms with Gasteiger partial charge in [0, 0.05) is 44.0 Å². The topological polar surface area (TPSA) is 104 Å². The molecule has 1 saturated heterocycles. The van der Waals surface area contributed by atoms with Crippen molar-refractivity contribution >= 4 is 45.3 Å². The van der Waals surface area contributed by atoms with Crippen LogP contribution in [-0.4, -0.2) is 66.9 Å². The van der Waals surface area contributed by atoms with Crippen LogP contribution < -0.4 is 4.90 Å². The van der Waals surface area contributed by atoms with Crippen LogP contribution in [0.25, 0.3) is 22.1 Å². The average molecular weight is 513 g/mol. The van der Waals surface area contributed by atoms with Gasteiger partial charge < -0.3 is 14.8 Å². The van der Waals surface area contributed by atoms with Crippen molar-refractivity contribution in [3.8, 4) is 0 Å². The number of nitrogens with one attached hydrogen (secondary N) is 1. The standard InChI is InChI=1S/C27H25ClN8O/c1-17(13-22-24-26(33-15-31-22)34-16-32-24)19-14-20(28)18-5-4-8-30-23(18)25(19)35-9-11-36(12-10-35)27(37)21-6-2-3-7-29-21/h2-8,14-17H,9-13H2,1H3,(H,31,32,33,34). The molecule has 1 aliphatic heterocycles. The fourth-order valence-electron chi connectivity index (χ4n) is 5.07. The minimum Gasteiger partial charge on any atom is -0.366 e. The van der Waals surface area contributed by atoms with Crippen molar-refractivity contribution < 1.29 is 4.79 Å². The minimum absolute atomic E-state index is 0.0414. The molecule has 0 radical (unpaired) electrons. The van der Waals surface area contributed by atoms with Crippen LogP contribution in [0.4, 0.5) is 5.69 Å². The molecule has 1 aliphatic rings. The van der Waals surface area contributed by atoms with Gasteiger partial charge in [-0.25, -0.2) is 15.0 Å². The van der Waals surface area contributed by atoms with Crippen LogP contribution in [0.1, 0.15) is 34.6 Å². The molecule has 0 spiro atoms. The Bertz CT molecular complexity index is 1580. The highest BCUT2D eigenvalue weighted by molar-refractivity contribution is 6.36. The van der Waals surface area contributed by atoms with E-state index in [1.165, 1.54) is 0 Å². The molecule has 0 bridgehead atoms. The number of nitrogens with zero attached hydrogens (tertiary/aromatic N) is 7. The number of fused-ring (bicyclic) bond motifs is 2. The Morgan fingerprint density at radius 3 is 2.68 bits per heavy atom. The lowest BCUT2D eigenvalue weighted by atomic mass is 9.92. The van der Waals surface area contributed by atoms with E-state index >= 15 is 0 Å². The molecule has 5 aromatic rings. The number of amides is 1. The van der Waals surface area contributed by atoms with Crippen molar-refractivity contribution in [2.75, 3.05) is 31.1 Å². The first-order chi connectivity index (χ1) is 18.1. The van der Waals surface area contributed by atoms with Crippen molar-refractivity contribution in [2.45, 2.75) is 19.3 Å². The first kappa shape index (κ1) is 23.3. The Hall–Kier alpha value is -4.11. The van der Waals surface area contributed by atoms with E-state index in [1.807, 2.05) is 29.2 Å². The third kappa shape index (κ3) is 4.35. The molecule has 9 nitrogen and oxygen atoms in total. The zero-order chi connectivity index (χ0) is 25.4. The molecule has 1 unspecified atom stereocenters. The number of carbonyl (C=O) groups excluding carboxylic acids is 1. The second-order valence-corrected chi connectivity index (χ2v) is 9.62. The predicted molar refractivity (Wildman–Crippen MR) is 143 cm³/mol. The fraction of sp³-hybridized carbons (Fsp3) is 0.259. The second-order valence-electron chi connectivity index (χ2n) is 9.22. The Labute approximate surface area is 218 Å². The van der Waals surface area contributed by atoms with Crippen molar-refractivity contribution in [1.29, 1.82) is 0 Å². The maximum Gasteiger partial charge on any atom is 0.272 e. The Morgan fingerprint density at radius 1 is 1.03 bits per heavy atom. The molecule has 1 atom stereocenters. The monoisotopic (exact) mass is 512 g/mol. The highest BCUT2D eigenvalue weighted by Gasteiger charge is 2.28. The van der Waals surface area contributed by atoms with E-state index in [0.29, 0.717) is 49.0 Å². The molecule has 4 aromatic heterocycles. The molecular weight excluding hydrogens is 488 g/mol. The maximum absolute atomic E-state index is 13.0. The van der Waals surface area contributed by atoms with Gasteiger partial charge in [0.2, 0.25) is 0 Å². The molecule has 0 aliphatic carbocycles. The summed E-state index contributed by atoms with van der Waals surface area (Å²) < 4.78 is 0. The van der Waals surface area contributed by atoms with Crippen molar-refractivity contribution in [1.82, 2.24) is 34.8 Å². The summed E-state index contributed by atoms with van der Waals surface area (Å²) in [4.78, 5) is 42.3. The number of hydrogen-bond donors (Lipinski definition) is 1. The fourth-order valence-corrected chi connectivity index (χ4v) is 5.34. The first-order valence-electron chi connectivity index (χ1n) is 12.3. The summed E-state index contributed by atoms with van der Waals surface area (Å²) in [6, 6.07) is 11.4. The average Bonchev–Trinajstić information content (AvgIpc) is 3.43. The van der Waals surface area contributed by atoms with Crippen molar-refractivity contribution in [2.24, 2.45) is 0 Å². The van der Waals surface area contributed by atoms with Crippen LogP contribution in [0.2, 0.25) is 5.02 Å². The van der Waals surface area contributed by atoms with Crippen LogP contribution in [0, 0.1) is 0 Å². The van der Waals surface area contributed by atoms with Gasteiger partial charge in [-0.1, -0.05) is 24.6 Å². The lowest BCUT2D eigenvalue weighted by molar-refractivity contribution is 0.0741. The normalized spacial score (nSPS) is 14.9. The van der Waals surface area contributed by atoms with Gasteiger partial charge in [0.05, 0.1) is 28.2 Å². The van der Waals surface area contributed by atoms with Gasteiger partial charge in [0.1, 0.15) is 17.5 Å². The Kier molecular flexibility index (Phi) is 6.13. The first-order valence-corrected chi connectivity index (χ1v) is 12.6. The van der Waals surface area contributed by atoms with Gasteiger partial charge in [-0.2, -0.15) is 0 Å². The molecule has 1 N–H and O–H groups in total. The number of rotatable bonds is 5. The lowest BCUT2D eigenvalue weighted by Gasteiger charge is -2.38. The number of imidazole rings is 1. The highest BCUT2D eigenvalue weighted by atomic mass is 35.5. The molecule has 10 heteroatoms. The number of piperazine rings is 1. The largest absolute Gasteiger partial charge is 0.366 e. The zero-order valence-corrected chi connectivity index (χ0v) is 21.1. The molecule has 1 amide bonds. The van der Waals surface area contributed by atoms with E-state index in [2.05, 4.69) is 42.8 Å². The van der Waals surface area contributed by atoms with Crippen LogP contribution in [0.15, 0.2) is 61.4 Å². The molecule has 5 heterocycles. The van der Waals surface area contributed by atoms with E-state index in [1.54, 1.807) is 31.1 Å². The summed E-state index contributed by atoms with van der Waals surface area (Å²) in [5.74, 6) is 0.0498. The van der Waals surface area contributed by atoms with E-state index < -0.39 is 0 Å². The number of halogens is 1. The predicted octanol–water partition coefficient (Wildman–Crippen LogP) is 4.26. The highest BCUT2D eigenvalue weighted by Crippen LogP contribution is 2.40. The lowest BCUT2D eigenvalue weighted by Crippen LogP contribution is -2.49. The summed E-state index contributed by atoms with van der Waals surface area (Å²) in [5.41, 5.74) is 5.92. The Balaban J connectivity index is 1.33. The zero-order valence-electron chi connectivity index (χ0n) is 20.3. The van der Waals surface area contributed by atoms with Gasteiger partial charge in [-0.05, 0) is 48.2 Å². The third-order valence-corrected chi connectivity index (χ3v) is 7.26. The molecule has 1 fully saturated rings. The smallest absolute Gasteiger partial charge is 0.272 e.